The van der Waals surface area contributed by atoms with Crippen molar-refractivity contribution in [3.05, 3.63) is 36.5 Å². The molecule has 9 nitrogen and oxygen atoms in total. The summed E-state index contributed by atoms with van der Waals surface area (Å²) in [5, 5.41) is 11.8. The van der Waals surface area contributed by atoms with Crippen molar-refractivity contribution in [3.8, 4) is 0 Å². The Balaban J connectivity index is 3.88. The van der Waals surface area contributed by atoms with Crippen LogP contribution in [0.3, 0.4) is 0 Å². The number of likely N-dealkylation sites (N-methyl/N-ethyl adjacent to an activating group) is 1. The van der Waals surface area contributed by atoms with Crippen molar-refractivity contribution < 1.29 is 42.9 Å². The molecule has 0 spiro atoms. The Morgan fingerprint density at radius 2 is 0.659 bits per heavy atom. The lowest BCUT2D eigenvalue weighted by Crippen LogP contribution is -2.44. The summed E-state index contributed by atoms with van der Waals surface area (Å²) in [6.07, 6.45) is 78.4. The van der Waals surface area contributed by atoms with Crippen LogP contribution in [0.15, 0.2) is 36.5 Å². The number of nitrogens with zero attached hydrogens (tertiary/aromatic N) is 1. The first-order valence-electron chi connectivity index (χ1n) is 35.6. The quantitative estimate of drug-likeness (QED) is 0.0195. The van der Waals surface area contributed by atoms with E-state index in [9.17, 15) is 19.5 Å². The van der Waals surface area contributed by atoms with E-state index in [2.05, 4.69) is 50.3 Å². The van der Waals surface area contributed by atoms with Crippen molar-refractivity contribution in [2.45, 2.75) is 367 Å². The Morgan fingerprint density at radius 1 is 0.366 bits per heavy atom. The predicted molar refractivity (Wildman–Crippen MR) is 348 cm³/mol. The van der Waals surface area contributed by atoms with Crippen LogP contribution < -0.4 is 5.11 Å². The molecule has 0 N–H and O–H groups in total. The molecule has 0 bridgehead atoms. The van der Waals surface area contributed by atoms with Gasteiger partial charge in [0, 0.05) is 12.8 Å². The number of quaternary nitrogens is 1. The van der Waals surface area contributed by atoms with Crippen LogP contribution in [0.2, 0.25) is 0 Å². The molecule has 0 amide bonds. The van der Waals surface area contributed by atoms with Crippen molar-refractivity contribution >= 4 is 17.9 Å². The highest BCUT2D eigenvalue weighted by Crippen LogP contribution is 2.19. The number of carbonyl (C=O) groups excluding carboxylic acids is 3. The molecular weight excluding hydrogens is 1020 g/mol. The SMILES string of the molecule is CCCCCC/C=C\C/C=C\CCCCCCCC(=O)OC(COC(=O)CCCCCCCCCCCCCCCCCCCCCCCCCCCCCCC/C=C\CCCCCCCCCC)COC(OCC[N+](C)(C)C)C(=O)[O-]. The number of unbranched alkanes of at least 4 members (excludes halogenated alkanes) is 46. The van der Waals surface area contributed by atoms with Crippen LogP contribution in [0.25, 0.3) is 0 Å². The molecule has 0 fully saturated rings. The molecule has 9 heteroatoms. The van der Waals surface area contributed by atoms with Crippen LogP contribution in [0.4, 0.5) is 0 Å². The lowest BCUT2D eigenvalue weighted by molar-refractivity contribution is -0.870. The van der Waals surface area contributed by atoms with E-state index in [-0.39, 0.29) is 32.2 Å². The van der Waals surface area contributed by atoms with Gasteiger partial charge in [-0.05, 0) is 70.6 Å². The molecule has 0 aromatic carbocycles. The third-order valence-electron chi connectivity index (χ3n) is 16.1. The molecule has 0 rings (SSSR count). The molecular formula is C73H137NO8. The smallest absolute Gasteiger partial charge is 0.306 e. The van der Waals surface area contributed by atoms with Crippen LogP contribution in [0.5, 0.6) is 0 Å². The molecule has 0 heterocycles. The van der Waals surface area contributed by atoms with Gasteiger partial charge in [-0.3, -0.25) is 9.59 Å². The van der Waals surface area contributed by atoms with Crippen molar-refractivity contribution in [1.82, 2.24) is 0 Å². The zero-order valence-electron chi connectivity index (χ0n) is 55.1. The molecule has 82 heavy (non-hydrogen) atoms. The van der Waals surface area contributed by atoms with Gasteiger partial charge in [-0.1, -0.05) is 307 Å². The Bertz CT molecular complexity index is 1440. The first-order valence-corrected chi connectivity index (χ1v) is 35.6. The molecule has 0 aliphatic carbocycles. The minimum atomic E-state index is -1.62. The number of allylic oxidation sites excluding steroid dienone is 6. The average molecular weight is 1160 g/mol. The molecule has 2 unspecified atom stereocenters. The topological polar surface area (TPSA) is 111 Å². The van der Waals surface area contributed by atoms with Gasteiger partial charge >= 0.3 is 11.9 Å². The number of hydrogen-bond acceptors (Lipinski definition) is 8. The lowest BCUT2D eigenvalue weighted by Gasteiger charge is -2.26. The van der Waals surface area contributed by atoms with Crippen LogP contribution in [0, 0.1) is 0 Å². The maximum atomic E-state index is 12.9. The summed E-state index contributed by atoms with van der Waals surface area (Å²) in [4.78, 5) is 37.4. The highest BCUT2D eigenvalue weighted by Gasteiger charge is 2.22. The van der Waals surface area contributed by atoms with Crippen molar-refractivity contribution in [2.75, 3.05) is 47.5 Å². The molecule has 0 radical (unpaired) electrons. The van der Waals surface area contributed by atoms with Gasteiger partial charge in [0.1, 0.15) is 13.2 Å². The zero-order chi connectivity index (χ0) is 59.8. The second-order valence-corrected chi connectivity index (χ2v) is 25.5. The summed E-state index contributed by atoms with van der Waals surface area (Å²) in [6, 6.07) is 0. The molecule has 0 aliphatic rings. The van der Waals surface area contributed by atoms with Crippen molar-refractivity contribution in [2.24, 2.45) is 0 Å². The summed E-state index contributed by atoms with van der Waals surface area (Å²) >= 11 is 0. The second kappa shape index (κ2) is 64.5. The largest absolute Gasteiger partial charge is 0.545 e. The molecule has 2 atom stereocenters. The van der Waals surface area contributed by atoms with Crippen molar-refractivity contribution in [1.29, 1.82) is 0 Å². The Labute approximate surface area is 509 Å². The van der Waals surface area contributed by atoms with Crippen LogP contribution in [-0.4, -0.2) is 82.3 Å². The fourth-order valence-corrected chi connectivity index (χ4v) is 10.6. The summed E-state index contributed by atoms with van der Waals surface area (Å²) < 4.78 is 22.7. The van der Waals surface area contributed by atoms with Gasteiger partial charge < -0.3 is 33.3 Å². The normalized spacial score (nSPS) is 12.8. The maximum absolute atomic E-state index is 12.9. The number of hydrogen-bond donors (Lipinski definition) is 0. The van der Waals surface area contributed by atoms with Gasteiger partial charge in [0.05, 0.1) is 40.3 Å². The highest BCUT2D eigenvalue weighted by molar-refractivity contribution is 5.70. The van der Waals surface area contributed by atoms with E-state index < -0.39 is 24.3 Å². The third kappa shape index (κ3) is 65.1. The van der Waals surface area contributed by atoms with Gasteiger partial charge in [-0.15, -0.1) is 0 Å². The molecule has 0 aromatic heterocycles. The van der Waals surface area contributed by atoms with Gasteiger partial charge in [-0.25, -0.2) is 0 Å². The number of carboxylic acid groups (broad SMARTS) is 1. The fourth-order valence-electron chi connectivity index (χ4n) is 10.6. The standard InChI is InChI=1S/C73H137NO8/c1-6-8-10-12-14-16-18-20-22-24-25-26-27-28-29-30-31-32-33-34-35-36-37-38-39-40-41-42-43-44-45-46-47-48-50-51-53-55-57-59-61-63-70(75)80-67-69(68-81-73(72(77)78)79-66-65-74(3,4)5)82-71(76)64-62-60-58-56-54-52-49-23-21-19-17-15-13-11-9-7-2/h17,19,23-25,49,69,73H,6-16,18,20-22,26-48,50-68H2,1-5H3/b19-17-,25-24-,49-23-. The van der Waals surface area contributed by atoms with Crippen molar-refractivity contribution in [3.63, 3.8) is 0 Å². The maximum Gasteiger partial charge on any atom is 0.306 e. The van der Waals surface area contributed by atoms with Crippen LogP contribution in [-0.2, 0) is 33.3 Å². The van der Waals surface area contributed by atoms with E-state index in [4.69, 9.17) is 18.9 Å². The van der Waals surface area contributed by atoms with E-state index in [0.717, 1.165) is 57.8 Å². The predicted octanol–water partition coefficient (Wildman–Crippen LogP) is 20.6. The first-order chi connectivity index (χ1) is 40.1. The molecule has 482 valence electrons. The summed E-state index contributed by atoms with van der Waals surface area (Å²) in [6.45, 7) is 4.76. The first kappa shape index (κ1) is 79.5. The minimum absolute atomic E-state index is 0.147. The number of carbonyl (C=O) groups is 3. The van der Waals surface area contributed by atoms with Gasteiger partial charge in [0.15, 0.2) is 12.4 Å². The number of ether oxygens (including phenoxy) is 4. The fraction of sp³-hybridized carbons (Fsp3) is 0.877. The molecule has 0 saturated heterocycles. The average Bonchev–Trinajstić information content (AvgIpc) is 3.47. The number of rotatable bonds is 67. The van der Waals surface area contributed by atoms with Gasteiger partial charge in [-0.2, -0.15) is 0 Å². The van der Waals surface area contributed by atoms with E-state index in [0.29, 0.717) is 23.9 Å². The zero-order valence-corrected chi connectivity index (χ0v) is 55.1. The number of carboxylic acids is 1. The minimum Gasteiger partial charge on any atom is -0.545 e. The Kier molecular flexibility index (Phi) is 62.5. The van der Waals surface area contributed by atoms with Crippen LogP contribution in [0.1, 0.15) is 354 Å². The van der Waals surface area contributed by atoms with E-state index in [1.54, 1.807) is 0 Å². The Morgan fingerprint density at radius 3 is 0.988 bits per heavy atom. The molecule has 0 aromatic rings. The summed E-state index contributed by atoms with van der Waals surface area (Å²) in [5.74, 6) is -2.28. The van der Waals surface area contributed by atoms with Gasteiger partial charge in [0.2, 0.25) is 0 Å². The van der Waals surface area contributed by atoms with E-state index in [1.807, 2.05) is 21.1 Å². The lowest BCUT2D eigenvalue weighted by atomic mass is 10.0. The van der Waals surface area contributed by atoms with E-state index in [1.165, 1.54) is 263 Å². The Hall–Kier alpha value is -2.49. The third-order valence-corrected chi connectivity index (χ3v) is 16.1. The summed E-state index contributed by atoms with van der Waals surface area (Å²) in [5.41, 5.74) is 0. The monoisotopic (exact) mass is 1160 g/mol. The van der Waals surface area contributed by atoms with Crippen LogP contribution >= 0.6 is 0 Å². The number of esters is 2. The molecule has 0 saturated carbocycles. The molecule has 0 aliphatic heterocycles. The number of aliphatic carboxylic acids is 1. The highest BCUT2D eigenvalue weighted by atomic mass is 16.7. The van der Waals surface area contributed by atoms with E-state index >= 15 is 0 Å². The second-order valence-electron chi connectivity index (χ2n) is 25.5. The summed E-state index contributed by atoms with van der Waals surface area (Å²) in [7, 11) is 5.93. The van der Waals surface area contributed by atoms with Gasteiger partial charge in [0.25, 0.3) is 0 Å².